The van der Waals surface area contributed by atoms with Gasteiger partial charge < -0.3 is 15.5 Å². The first kappa shape index (κ1) is 28.2. The van der Waals surface area contributed by atoms with Crippen molar-refractivity contribution in [1.82, 2.24) is 9.97 Å². The molecule has 37 heavy (non-hydrogen) atoms. The molecular formula is C31H42FN5. The van der Waals surface area contributed by atoms with E-state index in [-0.39, 0.29) is 0 Å². The first-order valence-electron chi connectivity index (χ1n) is 13.4. The Balaban J connectivity index is 1.94. The lowest BCUT2D eigenvalue weighted by Crippen LogP contribution is -2.25. The molecule has 0 spiro atoms. The van der Waals surface area contributed by atoms with Crippen molar-refractivity contribution < 1.29 is 4.39 Å². The van der Waals surface area contributed by atoms with Crippen molar-refractivity contribution in [3.63, 3.8) is 0 Å². The Morgan fingerprint density at radius 1 is 1.03 bits per heavy atom. The van der Waals surface area contributed by atoms with E-state index < -0.39 is 6.17 Å². The molecule has 5 nitrogen and oxygen atoms in total. The molecule has 0 fully saturated rings. The molecule has 0 aliphatic heterocycles. The zero-order chi connectivity index (χ0) is 26.9. The van der Waals surface area contributed by atoms with Crippen LogP contribution in [-0.4, -0.2) is 29.2 Å². The van der Waals surface area contributed by atoms with Gasteiger partial charge in [-0.05, 0) is 81.0 Å². The average molecular weight is 504 g/mol. The fourth-order valence-corrected chi connectivity index (χ4v) is 4.66. The second kappa shape index (κ2) is 13.2. The molecule has 0 aliphatic carbocycles. The zero-order valence-corrected chi connectivity index (χ0v) is 23.3. The molecule has 6 heteroatoms. The lowest BCUT2D eigenvalue weighted by molar-refractivity contribution is 0.360. The van der Waals surface area contributed by atoms with Crippen LogP contribution in [-0.2, 0) is 12.8 Å². The van der Waals surface area contributed by atoms with Crippen LogP contribution in [0.1, 0.15) is 69.7 Å². The molecule has 0 bridgehead atoms. The Bertz CT molecular complexity index is 1200. The largest absolute Gasteiger partial charge is 0.372 e. The fourth-order valence-electron chi connectivity index (χ4n) is 4.66. The van der Waals surface area contributed by atoms with Crippen LogP contribution in [0.4, 0.5) is 33.2 Å². The average Bonchev–Trinajstić information content (AvgIpc) is 2.86. The number of benzene rings is 2. The number of anilines is 5. The molecule has 0 saturated carbocycles. The van der Waals surface area contributed by atoms with Crippen LogP contribution in [0, 0.1) is 6.92 Å². The van der Waals surface area contributed by atoms with E-state index in [0.29, 0.717) is 12.4 Å². The third-order valence-electron chi connectivity index (χ3n) is 6.37. The van der Waals surface area contributed by atoms with Crippen LogP contribution < -0.4 is 15.5 Å². The molecule has 1 unspecified atom stereocenters. The van der Waals surface area contributed by atoms with Crippen LogP contribution in [0.2, 0.25) is 0 Å². The Morgan fingerprint density at radius 2 is 1.76 bits per heavy atom. The highest BCUT2D eigenvalue weighted by Gasteiger charge is 2.15. The monoisotopic (exact) mass is 503 g/mol. The first-order chi connectivity index (χ1) is 17.8. The summed E-state index contributed by atoms with van der Waals surface area (Å²) < 4.78 is 14.2. The van der Waals surface area contributed by atoms with Gasteiger partial charge in [-0.15, -0.1) is 0 Å². The minimum atomic E-state index is -0.954. The summed E-state index contributed by atoms with van der Waals surface area (Å²) >= 11 is 0. The van der Waals surface area contributed by atoms with Gasteiger partial charge in [0.1, 0.15) is 12.0 Å². The van der Waals surface area contributed by atoms with Gasteiger partial charge in [-0.3, -0.25) is 0 Å². The second-order valence-electron chi connectivity index (χ2n) is 9.76. The van der Waals surface area contributed by atoms with Gasteiger partial charge >= 0.3 is 0 Å². The fraction of sp³-hybridized carbons (Fsp3) is 0.419. The summed E-state index contributed by atoms with van der Waals surface area (Å²) in [6.07, 6.45) is 4.23. The summed E-state index contributed by atoms with van der Waals surface area (Å²) in [5, 5.41) is 6.86. The number of allylic oxidation sites excluding steroid dienone is 1. The maximum Gasteiger partial charge on any atom is 0.229 e. The van der Waals surface area contributed by atoms with Gasteiger partial charge in [-0.25, -0.2) is 9.37 Å². The van der Waals surface area contributed by atoms with Crippen LogP contribution in [0.15, 0.2) is 49.2 Å². The van der Waals surface area contributed by atoms with E-state index >= 15 is 0 Å². The Labute approximate surface area is 222 Å². The Morgan fingerprint density at radius 3 is 2.38 bits per heavy atom. The molecule has 198 valence electrons. The third-order valence-corrected chi connectivity index (χ3v) is 6.37. The van der Waals surface area contributed by atoms with E-state index in [1.54, 1.807) is 13.1 Å². The van der Waals surface area contributed by atoms with Crippen molar-refractivity contribution in [3.8, 4) is 0 Å². The highest BCUT2D eigenvalue weighted by molar-refractivity contribution is 5.79. The number of nitrogens with one attached hydrogen (secondary N) is 2. The lowest BCUT2D eigenvalue weighted by atomic mass is 9.98. The summed E-state index contributed by atoms with van der Waals surface area (Å²) in [5.41, 5.74) is 8.15. The minimum Gasteiger partial charge on any atom is -0.372 e. The molecular weight excluding hydrogens is 461 g/mol. The number of nitrogens with zero attached hydrogens (tertiary/aromatic N) is 3. The highest BCUT2D eigenvalue weighted by Crippen LogP contribution is 2.31. The molecule has 0 saturated heterocycles. The number of hydrogen-bond acceptors (Lipinski definition) is 5. The molecule has 3 rings (SSSR count). The van der Waals surface area contributed by atoms with E-state index in [0.717, 1.165) is 77.5 Å². The normalized spacial score (nSPS) is 11.8. The number of hydrogen-bond donors (Lipinski definition) is 2. The number of rotatable bonds is 13. The van der Waals surface area contributed by atoms with Crippen LogP contribution in [0.3, 0.4) is 0 Å². The summed E-state index contributed by atoms with van der Waals surface area (Å²) in [6.45, 7) is 18.3. The maximum absolute atomic E-state index is 14.2. The standard InChI is InChI=1S/C31H42FN5/c1-8-16-37(17-9-2)26-14-15-27(25(19-26)18-23(7)32)35-31-33-20-22(6)30(36-31)34-28-13-11-12-24(10-3)29(28)21(4)5/h11-15,19-20,23H,4,8-10,16-18H2,1-3,5-7H3,(H2,33,34,35,36). The van der Waals surface area contributed by atoms with Gasteiger partial charge in [-0.1, -0.05) is 39.5 Å². The Hall–Kier alpha value is -3.41. The molecule has 2 aromatic carbocycles. The van der Waals surface area contributed by atoms with Gasteiger partial charge in [0.2, 0.25) is 5.95 Å². The SMILES string of the molecule is C=C(C)c1c(CC)cccc1Nc1nc(Nc2ccc(N(CCC)CCC)cc2CC(C)F)ncc1C. The van der Waals surface area contributed by atoms with Gasteiger partial charge in [0.15, 0.2) is 0 Å². The van der Waals surface area contributed by atoms with Gasteiger partial charge in [0, 0.05) is 53.9 Å². The van der Waals surface area contributed by atoms with Crippen molar-refractivity contribution in [2.45, 2.75) is 73.4 Å². The summed E-state index contributed by atoms with van der Waals surface area (Å²) in [4.78, 5) is 11.7. The quantitative estimate of drug-likeness (QED) is 0.245. The van der Waals surface area contributed by atoms with Crippen LogP contribution in [0.5, 0.6) is 0 Å². The van der Waals surface area contributed by atoms with E-state index in [1.807, 2.05) is 19.9 Å². The first-order valence-corrected chi connectivity index (χ1v) is 13.4. The van der Waals surface area contributed by atoms with Crippen molar-refractivity contribution in [2.75, 3.05) is 28.6 Å². The molecule has 0 aliphatic rings. The van der Waals surface area contributed by atoms with Crippen molar-refractivity contribution in [3.05, 3.63) is 71.4 Å². The minimum absolute atomic E-state index is 0.324. The van der Waals surface area contributed by atoms with E-state index in [1.165, 1.54) is 5.56 Å². The molecule has 0 radical (unpaired) electrons. The van der Waals surface area contributed by atoms with Crippen LogP contribution >= 0.6 is 0 Å². The van der Waals surface area contributed by atoms with E-state index in [4.69, 9.17) is 4.98 Å². The zero-order valence-electron chi connectivity index (χ0n) is 23.3. The summed E-state index contributed by atoms with van der Waals surface area (Å²) in [7, 11) is 0. The third kappa shape index (κ3) is 7.31. The Kier molecular flexibility index (Phi) is 10.1. The van der Waals surface area contributed by atoms with Gasteiger partial charge in [-0.2, -0.15) is 4.98 Å². The predicted octanol–water partition coefficient (Wildman–Crippen LogP) is 8.39. The lowest BCUT2D eigenvalue weighted by Gasteiger charge is -2.25. The van der Waals surface area contributed by atoms with Crippen molar-refractivity contribution >= 4 is 34.4 Å². The highest BCUT2D eigenvalue weighted by atomic mass is 19.1. The second-order valence-corrected chi connectivity index (χ2v) is 9.76. The van der Waals surface area contributed by atoms with Crippen LogP contribution in [0.25, 0.3) is 5.57 Å². The maximum atomic E-state index is 14.2. The topological polar surface area (TPSA) is 53.1 Å². The summed E-state index contributed by atoms with van der Waals surface area (Å²) in [5.74, 6) is 1.19. The molecule has 3 aromatic rings. The van der Waals surface area contributed by atoms with E-state index in [9.17, 15) is 4.39 Å². The number of aromatic nitrogens is 2. The molecule has 0 amide bonds. The molecule has 1 atom stereocenters. The number of aryl methyl sites for hydroxylation is 2. The van der Waals surface area contributed by atoms with E-state index in [2.05, 4.69) is 78.2 Å². The summed E-state index contributed by atoms with van der Waals surface area (Å²) in [6, 6.07) is 12.5. The number of halogens is 1. The molecule has 1 aromatic heterocycles. The predicted molar refractivity (Wildman–Crippen MR) is 157 cm³/mol. The molecule has 1 heterocycles. The smallest absolute Gasteiger partial charge is 0.229 e. The molecule has 2 N–H and O–H groups in total. The van der Waals surface area contributed by atoms with Crippen molar-refractivity contribution in [1.29, 1.82) is 0 Å². The van der Waals surface area contributed by atoms with Gasteiger partial charge in [0.05, 0.1) is 0 Å². The van der Waals surface area contributed by atoms with Crippen molar-refractivity contribution in [2.24, 2.45) is 0 Å². The number of alkyl halides is 1. The van der Waals surface area contributed by atoms with Gasteiger partial charge in [0.25, 0.3) is 0 Å².